The molecule has 0 saturated carbocycles. The van der Waals surface area contributed by atoms with Crippen LogP contribution >= 0.6 is 0 Å². The first-order valence-corrected chi connectivity index (χ1v) is 10.5. The Morgan fingerprint density at radius 2 is 1.83 bits per heavy atom. The first-order valence-electron chi connectivity index (χ1n) is 9.02. The van der Waals surface area contributed by atoms with Crippen molar-refractivity contribution >= 4 is 10.0 Å². The molecule has 0 fully saturated rings. The molecule has 0 bridgehead atoms. The first kappa shape index (κ1) is 20.9. The molecule has 0 amide bonds. The van der Waals surface area contributed by atoms with E-state index < -0.39 is 15.8 Å². The number of hydrogen-bond acceptors (Lipinski definition) is 5. The Kier molecular flexibility index (Phi) is 6.56. The molecule has 2 aromatic carbocycles. The van der Waals surface area contributed by atoms with Crippen LogP contribution in [-0.4, -0.2) is 26.4 Å². The number of rotatable bonds is 9. The lowest BCUT2D eigenvalue weighted by molar-refractivity contribution is 0.339. The van der Waals surface area contributed by atoms with Crippen molar-refractivity contribution in [3.05, 3.63) is 78.0 Å². The zero-order chi connectivity index (χ0) is 20.9. The molecule has 0 spiro atoms. The van der Waals surface area contributed by atoms with Gasteiger partial charge in [-0.05, 0) is 61.5 Å². The lowest BCUT2D eigenvalue weighted by Crippen LogP contribution is -2.30. The van der Waals surface area contributed by atoms with Gasteiger partial charge in [-0.15, -0.1) is 0 Å². The molecule has 0 radical (unpaired) electrons. The highest BCUT2D eigenvalue weighted by Crippen LogP contribution is 2.27. The summed E-state index contributed by atoms with van der Waals surface area (Å²) in [6, 6.07) is 13.5. The molecule has 0 aliphatic heterocycles. The van der Waals surface area contributed by atoms with Crippen molar-refractivity contribution in [3.63, 3.8) is 0 Å². The van der Waals surface area contributed by atoms with Gasteiger partial charge in [-0.3, -0.25) is 0 Å². The molecule has 1 heterocycles. The van der Waals surface area contributed by atoms with Crippen molar-refractivity contribution in [2.75, 3.05) is 13.7 Å². The maximum Gasteiger partial charge on any atom is 0.243 e. The molecule has 0 saturated heterocycles. The van der Waals surface area contributed by atoms with E-state index in [1.807, 2.05) is 6.92 Å². The second-order valence-electron chi connectivity index (χ2n) is 6.21. The van der Waals surface area contributed by atoms with Crippen LogP contribution < -0.4 is 9.47 Å². The molecular formula is C21H22FNO5S. The third kappa shape index (κ3) is 4.96. The quantitative estimate of drug-likeness (QED) is 0.520. The molecule has 8 heteroatoms. The molecule has 0 N–H and O–H groups in total. The third-order valence-electron chi connectivity index (χ3n) is 4.27. The summed E-state index contributed by atoms with van der Waals surface area (Å²) in [6.07, 6.45) is 1.47. The van der Waals surface area contributed by atoms with Crippen LogP contribution in [-0.2, 0) is 23.1 Å². The van der Waals surface area contributed by atoms with E-state index in [0.717, 1.165) is 0 Å². The monoisotopic (exact) mass is 419 g/mol. The van der Waals surface area contributed by atoms with E-state index in [-0.39, 0.29) is 18.0 Å². The van der Waals surface area contributed by atoms with Gasteiger partial charge >= 0.3 is 0 Å². The molecule has 1 aromatic heterocycles. The minimum absolute atomic E-state index is 0.0117. The fraction of sp³-hybridized carbons (Fsp3) is 0.238. The second-order valence-corrected chi connectivity index (χ2v) is 8.15. The van der Waals surface area contributed by atoms with Crippen molar-refractivity contribution in [3.8, 4) is 11.5 Å². The number of benzene rings is 2. The molecule has 0 aliphatic rings. The zero-order valence-corrected chi connectivity index (χ0v) is 17.0. The molecule has 3 aromatic rings. The highest BCUT2D eigenvalue weighted by molar-refractivity contribution is 7.89. The fourth-order valence-corrected chi connectivity index (χ4v) is 4.27. The minimum Gasteiger partial charge on any atom is -0.496 e. The third-order valence-corrected chi connectivity index (χ3v) is 6.08. The van der Waals surface area contributed by atoms with Gasteiger partial charge in [0.05, 0.1) is 31.4 Å². The Labute approximate surface area is 169 Å². The molecule has 29 heavy (non-hydrogen) atoms. The molecule has 6 nitrogen and oxygen atoms in total. The van der Waals surface area contributed by atoms with Crippen molar-refractivity contribution in [2.45, 2.75) is 24.9 Å². The van der Waals surface area contributed by atoms with E-state index in [0.29, 0.717) is 29.4 Å². The molecule has 154 valence electrons. The normalized spacial score (nSPS) is 11.6. The van der Waals surface area contributed by atoms with Crippen LogP contribution in [0, 0.1) is 5.82 Å². The molecule has 3 rings (SSSR count). The topological polar surface area (TPSA) is 69.0 Å². The summed E-state index contributed by atoms with van der Waals surface area (Å²) in [5.74, 6) is 0.973. The Morgan fingerprint density at radius 1 is 1.07 bits per heavy atom. The highest BCUT2D eigenvalue weighted by atomic mass is 32.2. The number of nitrogens with zero attached hydrogens (tertiary/aromatic N) is 1. The summed E-state index contributed by atoms with van der Waals surface area (Å²) in [4.78, 5) is 0.0999. The number of hydrogen-bond donors (Lipinski definition) is 0. The summed E-state index contributed by atoms with van der Waals surface area (Å²) >= 11 is 0. The maximum atomic E-state index is 13.8. The first-order chi connectivity index (χ1) is 13.9. The lowest BCUT2D eigenvalue weighted by atomic mass is 10.2. The van der Waals surface area contributed by atoms with Crippen LogP contribution in [0.2, 0.25) is 0 Å². The molecular weight excluding hydrogens is 397 g/mol. The van der Waals surface area contributed by atoms with Gasteiger partial charge in [-0.1, -0.05) is 0 Å². The Morgan fingerprint density at radius 3 is 2.45 bits per heavy atom. The number of methoxy groups -OCH3 is 1. The van der Waals surface area contributed by atoms with Gasteiger partial charge in [0.2, 0.25) is 10.0 Å². The van der Waals surface area contributed by atoms with E-state index in [1.165, 1.54) is 48.0 Å². The standard InChI is InChI=1S/C21H22FNO5S/c1-3-27-18-7-9-20(10-8-18)29(24,25)23(15-19-5-4-12-28-19)14-16-13-17(22)6-11-21(16)26-2/h4-13H,3,14-15H2,1-2H3. The van der Waals surface area contributed by atoms with Crippen LogP contribution in [0.3, 0.4) is 0 Å². The minimum atomic E-state index is -3.91. The van der Waals surface area contributed by atoms with E-state index in [4.69, 9.17) is 13.9 Å². The Hall–Kier alpha value is -2.84. The van der Waals surface area contributed by atoms with E-state index in [9.17, 15) is 12.8 Å². The average Bonchev–Trinajstić information content (AvgIpc) is 3.21. The van der Waals surface area contributed by atoms with E-state index in [1.54, 1.807) is 24.3 Å². The molecule has 0 atom stereocenters. The zero-order valence-electron chi connectivity index (χ0n) is 16.2. The Balaban J connectivity index is 1.97. The van der Waals surface area contributed by atoms with Gasteiger partial charge in [0.15, 0.2) is 0 Å². The number of halogens is 1. The van der Waals surface area contributed by atoms with Crippen molar-refractivity contribution in [2.24, 2.45) is 0 Å². The van der Waals surface area contributed by atoms with Gasteiger partial charge in [0.25, 0.3) is 0 Å². The second kappa shape index (κ2) is 9.11. The van der Waals surface area contributed by atoms with Crippen LogP contribution in [0.4, 0.5) is 4.39 Å². The van der Waals surface area contributed by atoms with Crippen LogP contribution in [0.15, 0.2) is 70.2 Å². The average molecular weight is 419 g/mol. The number of ether oxygens (including phenoxy) is 2. The van der Waals surface area contributed by atoms with Gasteiger partial charge in [0.1, 0.15) is 23.1 Å². The van der Waals surface area contributed by atoms with Crippen LogP contribution in [0.5, 0.6) is 11.5 Å². The smallest absolute Gasteiger partial charge is 0.243 e. The molecule has 0 unspecified atom stereocenters. The largest absolute Gasteiger partial charge is 0.496 e. The Bertz CT molecular complexity index is 1030. The summed E-state index contributed by atoms with van der Waals surface area (Å²) in [6.45, 7) is 2.23. The predicted molar refractivity (Wildman–Crippen MR) is 106 cm³/mol. The van der Waals surface area contributed by atoms with E-state index >= 15 is 0 Å². The van der Waals surface area contributed by atoms with Crippen molar-refractivity contribution in [1.29, 1.82) is 0 Å². The summed E-state index contributed by atoms with van der Waals surface area (Å²) in [7, 11) is -2.45. The lowest BCUT2D eigenvalue weighted by Gasteiger charge is -2.22. The number of sulfonamides is 1. The maximum absolute atomic E-state index is 13.8. The van der Waals surface area contributed by atoms with E-state index in [2.05, 4.69) is 0 Å². The number of furan rings is 1. The fourth-order valence-electron chi connectivity index (χ4n) is 2.89. The highest BCUT2D eigenvalue weighted by Gasteiger charge is 2.27. The van der Waals surface area contributed by atoms with Crippen LogP contribution in [0.25, 0.3) is 0 Å². The molecule has 0 aliphatic carbocycles. The summed E-state index contributed by atoms with van der Waals surface area (Å²) in [5.41, 5.74) is 0.411. The SMILES string of the molecule is CCOc1ccc(S(=O)(=O)N(Cc2ccco2)Cc2cc(F)ccc2OC)cc1. The van der Waals surface area contributed by atoms with Gasteiger partial charge in [0, 0.05) is 12.1 Å². The van der Waals surface area contributed by atoms with Gasteiger partial charge in [-0.2, -0.15) is 4.31 Å². The predicted octanol–water partition coefficient (Wildman–Crippen LogP) is 4.22. The van der Waals surface area contributed by atoms with Gasteiger partial charge < -0.3 is 13.9 Å². The summed E-state index contributed by atoms with van der Waals surface area (Å²) < 4.78 is 57.6. The van der Waals surface area contributed by atoms with Gasteiger partial charge in [-0.25, -0.2) is 12.8 Å². The van der Waals surface area contributed by atoms with Crippen LogP contribution in [0.1, 0.15) is 18.2 Å². The summed E-state index contributed by atoms with van der Waals surface area (Å²) in [5, 5.41) is 0. The van der Waals surface area contributed by atoms with Crippen molar-refractivity contribution in [1.82, 2.24) is 4.31 Å². The van der Waals surface area contributed by atoms with Crippen molar-refractivity contribution < 1.29 is 26.7 Å².